The number of hydrogen-bond donors (Lipinski definition) is 2. The van der Waals surface area contributed by atoms with Crippen LogP contribution in [-0.4, -0.2) is 21.5 Å². The van der Waals surface area contributed by atoms with Gasteiger partial charge in [0.25, 0.3) is 0 Å². The molecule has 0 bridgehead atoms. The quantitative estimate of drug-likeness (QED) is 0.836. The molecule has 0 aliphatic carbocycles. The van der Waals surface area contributed by atoms with Gasteiger partial charge >= 0.3 is 0 Å². The Morgan fingerprint density at radius 2 is 1.94 bits per heavy atom. The van der Waals surface area contributed by atoms with E-state index in [1.54, 1.807) is 19.1 Å². The van der Waals surface area contributed by atoms with Gasteiger partial charge in [0.15, 0.2) is 0 Å². The zero-order valence-electron chi connectivity index (χ0n) is 9.53. The standard InChI is InChI=1S/C11H15ClN2O2S/c1-3-14-17(15,16)11-6-4-10(5-7-11)13-8-9(2)12/h4-7,13-14H,2-3,8H2,1H3. The summed E-state index contributed by atoms with van der Waals surface area (Å²) in [5.74, 6) is 0. The Balaban J connectivity index is 2.78. The van der Waals surface area contributed by atoms with Crippen molar-refractivity contribution in [1.29, 1.82) is 0 Å². The van der Waals surface area contributed by atoms with Gasteiger partial charge in [-0.2, -0.15) is 0 Å². The summed E-state index contributed by atoms with van der Waals surface area (Å²) in [6.07, 6.45) is 0. The van der Waals surface area contributed by atoms with Crippen molar-refractivity contribution in [2.75, 3.05) is 18.4 Å². The second-order valence-electron chi connectivity index (χ2n) is 3.40. The molecule has 1 rings (SSSR count). The minimum absolute atomic E-state index is 0.245. The number of rotatable bonds is 6. The minimum atomic E-state index is -3.38. The van der Waals surface area contributed by atoms with Gasteiger partial charge < -0.3 is 5.32 Å². The average molecular weight is 275 g/mol. The molecule has 1 aromatic rings. The number of anilines is 1. The lowest BCUT2D eigenvalue weighted by molar-refractivity contribution is 0.584. The summed E-state index contributed by atoms with van der Waals surface area (Å²) in [4.78, 5) is 0.245. The van der Waals surface area contributed by atoms with E-state index in [1.807, 2.05) is 0 Å². The lowest BCUT2D eigenvalue weighted by Crippen LogP contribution is -2.23. The monoisotopic (exact) mass is 274 g/mol. The van der Waals surface area contributed by atoms with Gasteiger partial charge in [-0.25, -0.2) is 13.1 Å². The highest BCUT2D eigenvalue weighted by Gasteiger charge is 2.11. The van der Waals surface area contributed by atoms with Crippen molar-refractivity contribution in [3.63, 3.8) is 0 Å². The van der Waals surface area contributed by atoms with Gasteiger partial charge in [-0.3, -0.25) is 0 Å². The van der Waals surface area contributed by atoms with Crippen LogP contribution in [0, 0.1) is 0 Å². The zero-order chi connectivity index (χ0) is 12.9. The van der Waals surface area contributed by atoms with E-state index in [4.69, 9.17) is 11.6 Å². The summed E-state index contributed by atoms with van der Waals surface area (Å²) < 4.78 is 25.7. The van der Waals surface area contributed by atoms with Crippen molar-refractivity contribution >= 4 is 27.3 Å². The van der Waals surface area contributed by atoms with Crippen LogP contribution >= 0.6 is 11.6 Å². The molecular weight excluding hydrogens is 260 g/mol. The highest BCUT2D eigenvalue weighted by molar-refractivity contribution is 7.89. The van der Waals surface area contributed by atoms with Crippen LogP contribution in [0.2, 0.25) is 0 Å². The maximum Gasteiger partial charge on any atom is 0.240 e. The Hall–Kier alpha value is -1.04. The smallest absolute Gasteiger partial charge is 0.240 e. The predicted octanol–water partition coefficient (Wildman–Crippen LogP) is 2.15. The highest BCUT2D eigenvalue weighted by Crippen LogP contribution is 2.14. The van der Waals surface area contributed by atoms with Crippen molar-refractivity contribution in [2.45, 2.75) is 11.8 Å². The molecule has 0 saturated carbocycles. The first kappa shape index (κ1) is 14.0. The fourth-order valence-electron chi connectivity index (χ4n) is 1.22. The molecule has 0 heterocycles. The SMILES string of the molecule is C=C(Cl)CNc1ccc(S(=O)(=O)NCC)cc1. The summed E-state index contributed by atoms with van der Waals surface area (Å²) in [5.41, 5.74) is 0.794. The number of hydrogen-bond acceptors (Lipinski definition) is 3. The molecule has 17 heavy (non-hydrogen) atoms. The molecule has 0 radical (unpaired) electrons. The third-order valence-electron chi connectivity index (χ3n) is 1.98. The molecule has 0 unspecified atom stereocenters. The van der Waals surface area contributed by atoms with E-state index in [9.17, 15) is 8.42 Å². The van der Waals surface area contributed by atoms with Crippen molar-refractivity contribution in [3.05, 3.63) is 35.9 Å². The molecule has 0 aliphatic rings. The van der Waals surface area contributed by atoms with Gasteiger partial charge in [-0.1, -0.05) is 25.1 Å². The second kappa shape index (κ2) is 6.05. The molecule has 0 amide bonds. The maximum absolute atomic E-state index is 11.6. The summed E-state index contributed by atoms with van der Waals surface area (Å²) in [6, 6.07) is 6.45. The van der Waals surface area contributed by atoms with Gasteiger partial charge in [0.1, 0.15) is 0 Å². The largest absolute Gasteiger partial charge is 0.380 e. The van der Waals surface area contributed by atoms with Gasteiger partial charge in [0.05, 0.1) is 11.4 Å². The Bertz CT molecular complexity index is 483. The van der Waals surface area contributed by atoms with Crippen LogP contribution < -0.4 is 10.0 Å². The summed E-state index contributed by atoms with van der Waals surface area (Å²) in [6.45, 7) is 6.10. The van der Waals surface area contributed by atoms with E-state index in [2.05, 4.69) is 16.6 Å². The molecule has 4 nitrogen and oxygen atoms in total. The number of benzene rings is 1. The molecule has 0 aliphatic heterocycles. The van der Waals surface area contributed by atoms with Gasteiger partial charge in [-0.15, -0.1) is 0 Å². The first-order valence-electron chi connectivity index (χ1n) is 5.12. The van der Waals surface area contributed by atoms with Crippen LogP contribution in [0.15, 0.2) is 40.8 Å². The molecule has 0 atom stereocenters. The van der Waals surface area contributed by atoms with E-state index >= 15 is 0 Å². The van der Waals surface area contributed by atoms with Crippen LogP contribution in [0.3, 0.4) is 0 Å². The number of sulfonamides is 1. The normalized spacial score (nSPS) is 11.2. The average Bonchev–Trinajstić information content (AvgIpc) is 2.27. The Morgan fingerprint density at radius 1 is 1.35 bits per heavy atom. The highest BCUT2D eigenvalue weighted by atomic mass is 35.5. The Morgan fingerprint density at radius 3 is 2.41 bits per heavy atom. The maximum atomic E-state index is 11.6. The van der Waals surface area contributed by atoms with E-state index in [-0.39, 0.29) is 4.90 Å². The number of nitrogens with one attached hydrogen (secondary N) is 2. The topological polar surface area (TPSA) is 58.2 Å². The molecule has 0 saturated heterocycles. The molecule has 1 aromatic carbocycles. The summed E-state index contributed by atoms with van der Waals surface area (Å²) in [7, 11) is -3.38. The molecule has 0 fully saturated rings. The fourth-order valence-corrected chi connectivity index (χ4v) is 2.33. The van der Waals surface area contributed by atoms with Crippen molar-refractivity contribution in [1.82, 2.24) is 4.72 Å². The van der Waals surface area contributed by atoms with Crippen LogP contribution in [0.5, 0.6) is 0 Å². The van der Waals surface area contributed by atoms with Gasteiger partial charge in [0.2, 0.25) is 10.0 Å². The summed E-state index contributed by atoms with van der Waals surface area (Å²) >= 11 is 5.61. The Labute approximate surface area is 107 Å². The second-order valence-corrected chi connectivity index (χ2v) is 5.70. The van der Waals surface area contributed by atoms with Crippen LogP contribution in [0.25, 0.3) is 0 Å². The zero-order valence-corrected chi connectivity index (χ0v) is 11.1. The molecule has 0 aromatic heterocycles. The van der Waals surface area contributed by atoms with E-state index in [0.717, 1.165) is 5.69 Å². The summed E-state index contributed by atoms with van der Waals surface area (Å²) in [5, 5.41) is 3.50. The minimum Gasteiger partial charge on any atom is -0.380 e. The lowest BCUT2D eigenvalue weighted by Gasteiger charge is -2.07. The third kappa shape index (κ3) is 4.38. The van der Waals surface area contributed by atoms with Crippen molar-refractivity contribution in [2.24, 2.45) is 0 Å². The fraction of sp³-hybridized carbons (Fsp3) is 0.273. The van der Waals surface area contributed by atoms with Crippen LogP contribution in [-0.2, 0) is 10.0 Å². The first-order chi connectivity index (χ1) is 7.95. The number of halogens is 1. The lowest BCUT2D eigenvalue weighted by atomic mass is 10.3. The Kier molecular flexibility index (Phi) is 4.99. The van der Waals surface area contributed by atoms with Crippen molar-refractivity contribution < 1.29 is 8.42 Å². The third-order valence-corrected chi connectivity index (χ3v) is 3.68. The molecular formula is C11H15ClN2O2S. The van der Waals surface area contributed by atoms with Crippen molar-refractivity contribution in [3.8, 4) is 0 Å². The van der Waals surface area contributed by atoms with E-state index in [1.165, 1.54) is 12.1 Å². The molecule has 0 spiro atoms. The van der Waals surface area contributed by atoms with Gasteiger partial charge in [-0.05, 0) is 24.3 Å². The van der Waals surface area contributed by atoms with Crippen LogP contribution in [0.1, 0.15) is 6.92 Å². The van der Waals surface area contributed by atoms with E-state index < -0.39 is 10.0 Å². The predicted molar refractivity (Wildman–Crippen MR) is 70.8 cm³/mol. The van der Waals surface area contributed by atoms with Gasteiger partial charge in [0, 0.05) is 17.3 Å². The first-order valence-corrected chi connectivity index (χ1v) is 6.98. The molecule has 6 heteroatoms. The van der Waals surface area contributed by atoms with Crippen LogP contribution in [0.4, 0.5) is 5.69 Å². The molecule has 94 valence electrons. The van der Waals surface area contributed by atoms with E-state index in [0.29, 0.717) is 18.1 Å². The molecule has 2 N–H and O–H groups in total.